The number of carboxylic acid groups (broad SMARTS) is 1. The predicted octanol–water partition coefficient (Wildman–Crippen LogP) is 1.68. The van der Waals surface area contributed by atoms with Crippen LogP contribution in [0.5, 0.6) is 0 Å². The van der Waals surface area contributed by atoms with Crippen molar-refractivity contribution >= 4 is 12.0 Å². The van der Waals surface area contributed by atoms with Crippen LogP contribution in [0, 0.1) is 11.8 Å². The molecule has 1 aliphatic rings. The summed E-state index contributed by atoms with van der Waals surface area (Å²) >= 11 is 0. The van der Waals surface area contributed by atoms with Gasteiger partial charge in [0.05, 0.1) is 18.2 Å². The van der Waals surface area contributed by atoms with Crippen LogP contribution in [0.2, 0.25) is 0 Å². The summed E-state index contributed by atoms with van der Waals surface area (Å²) in [6, 6.07) is 5.59. The average Bonchev–Trinajstić information content (AvgIpc) is 2.43. The molecule has 6 nitrogen and oxygen atoms in total. The molecule has 1 N–H and O–H groups in total. The van der Waals surface area contributed by atoms with Gasteiger partial charge in [-0.1, -0.05) is 13.0 Å². The SMILES string of the molecule is CCN(Cc1ccccn1)C(=O)N1CC(C(C)C(=O)O)C1. The highest BCUT2D eigenvalue weighted by atomic mass is 16.4. The minimum Gasteiger partial charge on any atom is -0.481 e. The van der Waals surface area contributed by atoms with Crippen LogP contribution in [0.3, 0.4) is 0 Å². The van der Waals surface area contributed by atoms with E-state index in [1.165, 1.54) is 0 Å². The molecule has 1 atom stereocenters. The minimum absolute atomic E-state index is 0.0445. The van der Waals surface area contributed by atoms with E-state index in [-0.39, 0.29) is 11.9 Å². The smallest absolute Gasteiger partial charge is 0.320 e. The molecule has 114 valence electrons. The Morgan fingerprint density at radius 1 is 1.48 bits per heavy atom. The molecule has 2 heterocycles. The summed E-state index contributed by atoms with van der Waals surface area (Å²) in [5.74, 6) is -1.15. The molecule has 0 aromatic carbocycles. The van der Waals surface area contributed by atoms with Crippen LogP contribution in [-0.4, -0.2) is 51.5 Å². The lowest BCUT2D eigenvalue weighted by Crippen LogP contribution is -2.57. The summed E-state index contributed by atoms with van der Waals surface area (Å²) in [5, 5.41) is 8.97. The van der Waals surface area contributed by atoms with E-state index >= 15 is 0 Å². The van der Waals surface area contributed by atoms with Gasteiger partial charge in [-0.2, -0.15) is 0 Å². The van der Waals surface area contributed by atoms with Gasteiger partial charge >= 0.3 is 12.0 Å². The Labute approximate surface area is 124 Å². The molecule has 1 unspecified atom stereocenters. The number of rotatable bonds is 5. The van der Waals surface area contributed by atoms with Crippen LogP contribution < -0.4 is 0 Å². The van der Waals surface area contributed by atoms with Gasteiger partial charge in [0.2, 0.25) is 0 Å². The number of carbonyl (C=O) groups excluding carboxylic acids is 1. The third kappa shape index (κ3) is 3.51. The number of hydrogen-bond donors (Lipinski definition) is 1. The Bertz CT molecular complexity index is 500. The van der Waals surface area contributed by atoms with Crippen molar-refractivity contribution in [3.63, 3.8) is 0 Å². The Morgan fingerprint density at radius 2 is 2.19 bits per heavy atom. The number of likely N-dealkylation sites (tertiary alicyclic amines) is 1. The summed E-state index contributed by atoms with van der Waals surface area (Å²) < 4.78 is 0. The first-order valence-corrected chi connectivity index (χ1v) is 7.19. The van der Waals surface area contributed by atoms with Gasteiger partial charge in [-0.25, -0.2) is 4.79 Å². The molecular formula is C15H21N3O3. The standard InChI is InChI=1S/C15H21N3O3/c1-3-17(10-13-6-4-5-7-16-13)15(21)18-8-12(9-18)11(2)14(19)20/h4-7,11-12H,3,8-10H2,1-2H3,(H,19,20). The molecule has 2 amide bonds. The lowest BCUT2D eigenvalue weighted by Gasteiger charge is -2.43. The van der Waals surface area contributed by atoms with E-state index in [1.54, 1.807) is 22.9 Å². The third-order valence-corrected chi connectivity index (χ3v) is 4.01. The molecular weight excluding hydrogens is 270 g/mol. The van der Waals surface area contributed by atoms with Crippen molar-refractivity contribution in [2.24, 2.45) is 11.8 Å². The van der Waals surface area contributed by atoms with E-state index < -0.39 is 11.9 Å². The van der Waals surface area contributed by atoms with Crippen LogP contribution in [0.4, 0.5) is 4.79 Å². The van der Waals surface area contributed by atoms with Crippen molar-refractivity contribution in [2.45, 2.75) is 20.4 Å². The number of aliphatic carboxylic acids is 1. The largest absolute Gasteiger partial charge is 0.481 e. The van der Waals surface area contributed by atoms with E-state index in [2.05, 4.69) is 4.98 Å². The first-order chi connectivity index (χ1) is 10.0. The van der Waals surface area contributed by atoms with Gasteiger partial charge in [0.15, 0.2) is 0 Å². The lowest BCUT2D eigenvalue weighted by atomic mass is 9.87. The van der Waals surface area contributed by atoms with Crippen LogP contribution in [0.1, 0.15) is 19.5 Å². The first kappa shape index (κ1) is 15.3. The van der Waals surface area contributed by atoms with Crippen LogP contribution >= 0.6 is 0 Å². The van der Waals surface area contributed by atoms with Gasteiger partial charge in [-0.15, -0.1) is 0 Å². The molecule has 0 aliphatic carbocycles. The molecule has 2 rings (SSSR count). The zero-order valence-corrected chi connectivity index (χ0v) is 12.4. The van der Waals surface area contributed by atoms with E-state index in [0.717, 1.165) is 5.69 Å². The van der Waals surface area contributed by atoms with Crippen LogP contribution in [0.25, 0.3) is 0 Å². The molecule has 21 heavy (non-hydrogen) atoms. The van der Waals surface area contributed by atoms with Gasteiger partial charge in [0.1, 0.15) is 0 Å². The second-order valence-electron chi connectivity index (χ2n) is 5.41. The molecule has 0 radical (unpaired) electrons. The van der Waals surface area contributed by atoms with Crippen molar-refractivity contribution in [2.75, 3.05) is 19.6 Å². The molecule has 1 saturated heterocycles. The van der Waals surface area contributed by atoms with Gasteiger partial charge < -0.3 is 14.9 Å². The summed E-state index contributed by atoms with van der Waals surface area (Å²) in [5.41, 5.74) is 0.851. The average molecular weight is 291 g/mol. The van der Waals surface area contributed by atoms with Crippen molar-refractivity contribution in [3.05, 3.63) is 30.1 Å². The fourth-order valence-electron chi connectivity index (χ4n) is 2.39. The van der Waals surface area contributed by atoms with E-state index in [1.807, 2.05) is 25.1 Å². The zero-order valence-electron chi connectivity index (χ0n) is 12.4. The fraction of sp³-hybridized carbons (Fsp3) is 0.533. The van der Waals surface area contributed by atoms with Gasteiger partial charge in [0, 0.05) is 31.7 Å². The van der Waals surface area contributed by atoms with Crippen molar-refractivity contribution < 1.29 is 14.7 Å². The Hall–Kier alpha value is -2.11. The number of hydrogen-bond acceptors (Lipinski definition) is 3. The summed E-state index contributed by atoms with van der Waals surface area (Å²) in [7, 11) is 0. The number of nitrogens with zero attached hydrogens (tertiary/aromatic N) is 3. The molecule has 6 heteroatoms. The number of carboxylic acids is 1. The Balaban J connectivity index is 1.89. The molecule has 1 aromatic heterocycles. The quantitative estimate of drug-likeness (QED) is 0.895. The summed E-state index contributed by atoms with van der Waals surface area (Å²) in [6.45, 7) is 5.74. The highest BCUT2D eigenvalue weighted by Gasteiger charge is 2.38. The topological polar surface area (TPSA) is 73.7 Å². The molecule has 0 spiro atoms. The lowest BCUT2D eigenvalue weighted by molar-refractivity contribution is -0.144. The van der Waals surface area contributed by atoms with Gasteiger partial charge in [-0.3, -0.25) is 9.78 Å². The van der Waals surface area contributed by atoms with Crippen LogP contribution in [0.15, 0.2) is 24.4 Å². The zero-order chi connectivity index (χ0) is 15.4. The fourth-order valence-corrected chi connectivity index (χ4v) is 2.39. The highest BCUT2D eigenvalue weighted by Crippen LogP contribution is 2.25. The van der Waals surface area contributed by atoms with Gasteiger partial charge in [0.25, 0.3) is 0 Å². The number of urea groups is 1. The predicted molar refractivity (Wildman–Crippen MR) is 77.6 cm³/mol. The maximum atomic E-state index is 12.4. The Kier molecular flexibility index (Phi) is 4.77. The minimum atomic E-state index is -0.798. The molecule has 1 aromatic rings. The van der Waals surface area contributed by atoms with Gasteiger partial charge in [-0.05, 0) is 19.1 Å². The molecule has 1 aliphatic heterocycles. The third-order valence-electron chi connectivity index (χ3n) is 4.01. The summed E-state index contributed by atoms with van der Waals surface area (Å²) in [4.78, 5) is 31.0. The second kappa shape index (κ2) is 6.56. The Morgan fingerprint density at radius 3 is 2.71 bits per heavy atom. The van der Waals surface area contributed by atoms with Crippen molar-refractivity contribution in [1.29, 1.82) is 0 Å². The number of amides is 2. The van der Waals surface area contributed by atoms with E-state index in [4.69, 9.17) is 5.11 Å². The van der Waals surface area contributed by atoms with E-state index in [9.17, 15) is 9.59 Å². The second-order valence-corrected chi connectivity index (χ2v) is 5.41. The van der Waals surface area contributed by atoms with E-state index in [0.29, 0.717) is 26.2 Å². The van der Waals surface area contributed by atoms with Crippen molar-refractivity contribution in [1.82, 2.24) is 14.8 Å². The number of pyridine rings is 1. The van der Waals surface area contributed by atoms with Crippen LogP contribution in [-0.2, 0) is 11.3 Å². The summed E-state index contributed by atoms with van der Waals surface area (Å²) in [6.07, 6.45) is 1.71. The molecule has 0 bridgehead atoms. The molecule has 1 fully saturated rings. The maximum Gasteiger partial charge on any atom is 0.320 e. The normalized spacial score (nSPS) is 16.2. The highest BCUT2D eigenvalue weighted by molar-refractivity contribution is 5.76. The molecule has 0 saturated carbocycles. The first-order valence-electron chi connectivity index (χ1n) is 7.19. The number of aromatic nitrogens is 1. The number of carbonyl (C=O) groups is 2. The monoisotopic (exact) mass is 291 g/mol. The maximum absolute atomic E-state index is 12.4. The van der Waals surface area contributed by atoms with Crippen molar-refractivity contribution in [3.8, 4) is 0 Å².